The van der Waals surface area contributed by atoms with E-state index >= 15 is 0 Å². The van der Waals surface area contributed by atoms with Crippen LogP contribution in [-0.2, 0) is 21.3 Å². The van der Waals surface area contributed by atoms with Crippen LogP contribution in [0.5, 0.6) is 0 Å². The fraction of sp³-hybridized carbons (Fsp3) is 0.323. The average molecular weight is 575 g/mol. The van der Waals surface area contributed by atoms with Crippen LogP contribution in [-0.4, -0.2) is 57.6 Å². The number of benzene rings is 3. The summed E-state index contributed by atoms with van der Waals surface area (Å²) in [6, 6.07) is 31.2. The van der Waals surface area contributed by atoms with Gasteiger partial charge in [-0.15, -0.1) is 16.9 Å². The molecule has 1 fully saturated rings. The van der Waals surface area contributed by atoms with Gasteiger partial charge < -0.3 is 0 Å². The molecule has 5 rings (SSSR count). The van der Waals surface area contributed by atoms with E-state index in [0.29, 0.717) is 37.3 Å². The standard InChI is InChI=1S/C31H34N4O3S2/c1-23-30(24(2)36)32-33-34(23)20-19-28-21-29(22-35(28)40(3,37)38)39-31(25-13-7-4-8-14-25,26-15-9-5-10-16-26)27-17-11-6-12-18-27/h4-18,28-29H,19-22H2,1-3H3/t28-,29+/m0/s1. The topological polar surface area (TPSA) is 85.2 Å². The number of hydrogen-bond donors (Lipinski definition) is 0. The first-order valence-corrected chi connectivity index (χ1v) is 16.1. The van der Waals surface area contributed by atoms with Crippen molar-refractivity contribution < 1.29 is 13.2 Å². The zero-order valence-corrected chi connectivity index (χ0v) is 24.6. The lowest BCUT2D eigenvalue weighted by Crippen LogP contribution is -2.36. The molecule has 208 valence electrons. The van der Waals surface area contributed by atoms with Crippen LogP contribution in [0.15, 0.2) is 91.0 Å². The first-order chi connectivity index (χ1) is 19.2. The number of aromatic nitrogens is 3. The number of nitrogens with zero attached hydrogens (tertiary/aromatic N) is 4. The summed E-state index contributed by atoms with van der Waals surface area (Å²) in [5, 5.41) is 8.22. The number of ketones is 1. The maximum Gasteiger partial charge on any atom is 0.211 e. The van der Waals surface area contributed by atoms with Crippen LogP contribution in [0, 0.1) is 6.92 Å². The van der Waals surface area contributed by atoms with E-state index in [4.69, 9.17) is 0 Å². The molecule has 0 bridgehead atoms. The highest BCUT2D eigenvalue weighted by molar-refractivity contribution is 8.01. The van der Waals surface area contributed by atoms with Crippen molar-refractivity contribution in [3.63, 3.8) is 0 Å². The van der Waals surface area contributed by atoms with Crippen molar-refractivity contribution >= 4 is 27.6 Å². The van der Waals surface area contributed by atoms with Crippen LogP contribution >= 0.6 is 11.8 Å². The Morgan fingerprint density at radius 2 is 1.43 bits per heavy atom. The molecule has 4 aromatic rings. The SMILES string of the molecule is CC(=O)c1nnn(CC[C@H]2C[C@@H](SC(c3ccccc3)(c3ccccc3)c3ccccc3)CN2S(C)(=O)=O)c1C. The highest BCUT2D eigenvalue weighted by atomic mass is 32.2. The number of Topliss-reactive ketones (excluding diaryl/α,β-unsaturated/α-hetero) is 1. The summed E-state index contributed by atoms with van der Waals surface area (Å²) in [6.45, 7) is 4.22. The van der Waals surface area contributed by atoms with Crippen molar-refractivity contribution in [2.24, 2.45) is 0 Å². The molecular formula is C31H34N4O3S2. The molecule has 1 aliphatic heterocycles. The number of aryl methyl sites for hydroxylation is 1. The van der Waals surface area contributed by atoms with Crippen molar-refractivity contribution in [2.45, 2.75) is 49.3 Å². The Kier molecular flexibility index (Phi) is 8.26. The molecule has 1 aromatic heterocycles. The number of thioether (sulfide) groups is 1. The van der Waals surface area contributed by atoms with E-state index in [1.165, 1.54) is 13.2 Å². The number of rotatable bonds is 10. The molecule has 7 nitrogen and oxygen atoms in total. The van der Waals surface area contributed by atoms with Crippen LogP contribution in [0.25, 0.3) is 0 Å². The van der Waals surface area contributed by atoms with Gasteiger partial charge in [-0.25, -0.2) is 13.1 Å². The van der Waals surface area contributed by atoms with Gasteiger partial charge in [0.05, 0.1) is 16.7 Å². The second-order valence-electron chi connectivity index (χ2n) is 10.3. The van der Waals surface area contributed by atoms with Gasteiger partial charge in [0, 0.05) is 31.3 Å². The molecule has 1 aliphatic rings. The number of carbonyl (C=O) groups excluding carboxylic acids is 1. The summed E-state index contributed by atoms with van der Waals surface area (Å²) in [7, 11) is -3.44. The minimum atomic E-state index is -3.44. The van der Waals surface area contributed by atoms with Gasteiger partial charge in [-0.3, -0.25) is 4.79 Å². The third-order valence-electron chi connectivity index (χ3n) is 7.63. The van der Waals surface area contributed by atoms with Crippen LogP contribution < -0.4 is 0 Å². The largest absolute Gasteiger partial charge is 0.293 e. The van der Waals surface area contributed by atoms with E-state index < -0.39 is 14.8 Å². The van der Waals surface area contributed by atoms with Crippen molar-refractivity contribution in [1.29, 1.82) is 0 Å². The van der Waals surface area contributed by atoms with E-state index in [1.807, 2.05) is 36.9 Å². The van der Waals surface area contributed by atoms with Gasteiger partial charge >= 0.3 is 0 Å². The molecule has 9 heteroatoms. The summed E-state index contributed by atoms with van der Waals surface area (Å²) in [5.41, 5.74) is 4.53. The molecule has 0 amide bonds. The normalized spacial score (nSPS) is 18.2. The Morgan fingerprint density at radius 1 is 0.925 bits per heavy atom. The third-order valence-corrected chi connectivity index (χ3v) is 10.7. The molecule has 2 heterocycles. The average Bonchev–Trinajstić information content (AvgIpc) is 3.55. The Morgan fingerprint density at radius 3 is 1.85 bits per heavy atom. The minimum Gasteiger partial charge on any atom is -0.293 e. The van der Waals surface area contributed by atoms with Gasteiger partial charge in [0.2, 0.25) is 10.0 Å². The predicted octanol–water partition coefficient (Wildman–Crippen LogP) is 5.31. The van der Waals surface area contributed by atoms with Gasteiger partial charge in [-0.05, 0) is 36.5 Å². The number of sulfonamides is 1. The van der Waals surface area contributed by atoms with Crippen LogP contribution in [0.3, 0.4) is 0 Å². The van der Waals surface area contributed by atoms with E-state index in [1.54, 1.807) is 8.99 Å². The summed E-state index contributed by atoms with van der Waals surface area (Å²) < 4.78 is 28.8. The molecular weight excluding hydrogens is 541 g/mol. The molecule has 3 aromatic carbocycles. The predicted molar refractivity (Wildman–Crippen MR) is 160 cm³/mol. The molecule has 2 atom stereocenters. The monoisotopic (exact) mass is 574 g/mol. The van der Waals surface area contributed by atoms with Crippen molar-refractivity contribution in [1.82, 2.24) is 19.3 Å². The Bertz CT molecular complexity index is 1460. The van der Waals surface area contributed by atoms with Crippen molar-refractivity contribution in [3.8, 4) is 0 Å². The molecule has 0 aliphatic carbocycles. The Labute approximate surface area is 240 Å². The maximum absolute atomic E-state index is 13.0. The first-order valence-electron chi connectivity index (χ1n) is 13.4. The summed E-state index contributed by atoms with van der Waals surface area (Å²) in [4.78, 5) is 11.8. The number of carbonyl (C=O) groups is 1. The van der Waals surface area contributed by atoms with Gasteiger partial charge in [-0.1, -0.05) is 96.2 Å². The van der Waals surface area contributed by atoms with E-state index in [9.17, 15) is 13.2 Å². The molecule has 0 radical (unpaired) electrons. The van der Waals surface area contributed by atoms with Crippen LogP contribution in [0.2, 0.25) is 0 Å². The fourth-order valence-electron chi connectivity index (χ4n) is 5.74. The van der Waals surface area contributed by atoms with E-state index in [2.05, 4.69) is 83.1 Å². The molecule has 1 saturated heterocycles. The third kappa shape index (κ3) is 5.64. The zero-order chi connectivity index (χ0) is 28.3. The second kappa shape index (κ2) is 11.7. The molecule has 0 spiro atoms. The molecule has 0 N–H and O–H groups in total. The highest BCUT2D eigenvalue weighted by Gasteiger charge is 2.45. The smallest absolute Gasteiger partial charge is 0.211 e. The van der Waals surface area contributed by atoms with Gasteiger partial charge in [-0.2, -0.15) is 4.31 Å². The fourth-order valence-corrected chi connectivity index (χ4v) is 8.89. The zero-order valence-electron chi connectivity index (χ0n) is 23.0. The van der Waals surface area contributed by atoms with Gasteiger partial charge in [0.15, 0.2) is 11.5 Å². The van der Waals surface area contributed by atoms with Crippen LogP contribution in [0.4, 0.5) is 0 Å². The molecule has 40 heavy (non-hydrogen) atoms. The van der Waals surface area contributed by atoms with Crippen molar-refractivity contribution in [2.75, 3.05) is 12.8 Å². The number of hydrogen-bond acceptors (Lipinski definition) is 6. The Balaban J connectivity index is 1.50. The second-order valence-corrected chi connectivity index (χ2v) is 13.8. The lowest BCUT2D eigenvalue weighted by Gasteiger charge is -2.37. The lowest BCUT2D eigenvalue weighted by molar-refractivity contribution is 0.101. The van der Waals surface area contributed by atoms with E-state index in [0.717, 1.165) is 16.7 Å². The summed E-state index contributed by atoms with van der Waals surface area (Å²) in [6.07, 6.45) is 2.58. The Hall–Kier alpha value is -3.27. The van der Waals surface area contributed by atoms with Crippen molar-refractivity contribution in [3.05, 3.63) is 119 Å². The summed E-state index contributed by atoms with van der Waals surface area (Å²) >= 11 is 1.83. The maximum atomic E-state index is 13.0. The molecule has 0 unspecified atom stereocenters. The lowest BCUT2D eigenvalue weighted by atomic mass is 9.84. The van der Waals surface area contributed by atoms with Crippen LogP contribution in [0.1, 0.15) is 52.6 Å². The summed E-state index contributed by atoms with van der Waals surface area (Å²) in [5.74, 6) is -0.127. The van der Waals surface area contributed by atoms with Gasteiger partial charge in [0.25, 0.3) is 0 Å². The first kappa shape index (κ1) is 28.3. The van der Waals surface area contributed by atoms with Gasteiger partial charge in [0.1, 0.15) is 0 Å². The quantitative estimate of drug-likeness (QED) is 0.189. The molecule has 0 saturated carbocycles. The minimum absolute atomic E-state index is 0.0463. The highest BCUT2D eigenvalue weighted by Crippen LogP contribution is 2.52. The van der Waals surface area contributed by atoms with E-state index in [-0.39, 0.29) is 17.1 Å².